The molecule has 0 aromatic carbocycles. The minimum absolute atomic E-state index is 0. The van der Waals surface area contributed by atoms with Crippen molar-refractivity contribution < 1.29 is 9.72 Å². The molecule has 0 bridgehead atoms. The van der Waals surface area contributed by atoms with Crippen LogP contribution < -0.4 is 10.6 Å². The highest BCUT2D eigenvalue weighted by atomic mass is 35.5. The number of nitro groups is 1. The van der Waals surface area contributed by atoms with Crippen LogP contribution in [0.1, 0.15) is 19.3 Å². The number of nitrogens with zero attached hydrogens (tertiary/aromatic N) is 3. The number of carbonyl (C=O) groups excluding carboxylic acids is 1. The molecule has 21 heavy (non-hydrogen) atoms. The van der Waals surface area contributed by atoms with Crippen molar-refractivity contribution >= 4 is 24.0 Å². The third-order valence-corrected chi connectivity index (χ3v) is 3.39. The second-order valence-electron chi connectivity index (χ2n) is 4.99. The molecule has 0 saturated carbocycles. The summed E-state index contributed by atoms with van der Waals surface area (Å²) in [4.78, 5) is 21.7. The van der Waals surface area contributed by atoms with E-state index in [0.29, 0.717) is 19.0 Å². The molecule has 0 spiro atoms. The molecule has 8 nitrogen and oxygen atoms in total. The highest BCUT2D eigenvalue weighted by Crippen LogP contribution is 2.09. The fraction of sp³-hybridized carbons (Fsp3) is 0.667. The zero-order valence-electron chi connectivity index (χ0n) is 11.7. The third-order valence-electron chi connectivity index (χ3n) is 3.39. The molecule has 9 heteroatoms. The van der Waals surface area contributed by atoms with Crippen molar-refractivity contribution in [2.24, 2.45) is 5.92 Å². The molecule has 1 aliphatic rings. The summed E-state index contributed by atoms with van der Waals surface area (Å²) in [5.74, 6) is 0.451. The standard InChI is InChI=1S/C12H19N5O3.ClH/c18-12(14-7-10-2-1-4-13-6-10)3-5-16-9-11(8-15-16)17(19)20;/h8-10,13H,1-7H2,(H,14,18);1H. The van der Waals surface area contributed by atoms with Gasteiger partial charge < -0.3 is 10.6 Å². The van der Waals surface area contributed by atoms with Crippen LogP contribution in [-0.4, -0.2) is 40.2 Å². The molecule has 118 valence electrons. The van der Waals surface area contributed by atoms with Crippen LogP contribution in [0.5, 0.6) is 0 Å². The Morgan fingerprint density at radius 2 is 2.43 bits per heavy atom. The van der Waals surface area contributed by atoms with Gasteiger partial charge in [-0.2, -0.15) is 5.10 Å². The smallest absolute Gasteiger partial charge is 0.306 e. The first kappa shape index (κ1) is 17.4. The van der Waals surface area contributed by atoms with Gasteiger partial charge in [0, 0.05) is 19.5 Å². The van der Waals surface area contributed by atoms with E-state index in [2.05, 4.69) is 15.7 Å². The zero-order chi connectivity index (χ0) is 14.4. The molecule has 1 amide bonds. The third kappa shape index (κ3) is 5.68. The number of rotatable bonds is 6. The summed E-state index contributed by atoms with van der Waals surface area (Å²) in [6.45, 7) is 3.04. The molecule has 1 aromatic heterocycles. The van der Waals surface area contributed by atoms with Gasteiger partial charge in [0.1, 0.15) is 12.4 Å². The van der Waals surface area contributed by atoms with E-state index in [1.54, 1.807) is 0 Å². The Balaban J connectivity index is 0.00000220. The van der Waals surface area contributed by atoms with Crippen molar-refractivity contribution in [1.29, 1.82) is 0 Å². The fourth-order valence-corrected chi connectivity index (χ4v) is 2.23. The Bertz CT molecular complexity index is 473. The highest BCUT2D eigenvalue weighted by molar-refractivity contribution is 5.85. The van der Waals surface area contributed by atoms with Crippen molar-refractivity contribution in [2.75, 3.05) is 19.6 Å². The monoisotopic (exact) mass is 317 g/mol. The molecular weight excluding hydrogens is 298 g/mol. The second kappa shape index (κ2) is 8.58. The maximum atomic E-state index is 11.7. The number of amides is 1. The predicted octanol–water partition coefficient (Wildman–Crippen LogP) is 0.719. The van der Waals surface area contributed by atoms with E-state index in [9.17, 15) is 14.9 Å². The van der Waals surface area contributed by atoms with Crippen LogP contribution in [0, 0.1) is 16.0 Å². The van der Waals surface area contributed by atoms with Gasteiger partial charge in [0.25, 0.3) is 0 Å². The van der Waals surface area contributed by atoms with E-state index in [-0.39, 0.29) is 30.4 Å². The van der Waals surface area contributed by atoms with Crippen LogP contribution >= 0.6 is 12.4 Å². The van der Waals surface area contributed by atoms with Gasteiger partial charge in [0.05, 0.1) is 4.92 Å². The lowest BCUT2D eigenvalue weighted by atomic mass is 10.00. The first-order chi connectivity index (χ1) is 9.65. The quantitative estimate of drug-likeness (QED) is 0.594. The molecular formula is C12H20ClN5O3. The predicted molar refractivity (Wildman–Crippen MR) is 79.3 cm³/mol. The maximum absolute atomic E-state index is 11.7. The Hall–Kier alpha value is -1.67. The van der Waals surface area contributed by atoms with Gasteiger partial charge >= 0.3 is 5.69 Å². The summed E-state index contributed by atoms with van der Waals surface area (Å²) in [6, 6.07) is 0. The van der Waals surface area contributed by atoms with Gasteiger partial charge in [-0.1, -0.05) is 0 Å². The molecule has 1 unspecified atom stereocenters. The van der Waals surface area contributed by atoms with Gasteiger partial charge in [-0.05, 0) is 31.8 Å². The minimum atomic E-state index is -0.500. The van der Waals surface area contributed by atoms with Gasteiger partial charge in [-0.3, -0.25) is 19.6 Å². The van der Waals surface area contributed by atoms with Gasteiger partial charge in [0.15, 0.2) is 0 Å². The van der Waals surface area contributed by atoms with E-state index in [4.69, 9.17) is 0 Å². The van der Waals surface area contributed by atoms with Crippen LogP contribution in [0.3, 0.4) is 0 Å². The lowest BCUT2D eigenvalue weighted by molar-refractivity contribution is -0.385. The normalized spacial score (nSPS) is 17.8. The molecule has 2 heterocycles. The lowest BCUT2D eigenvalue weighted by Crippen LogP contribution is -2.38. The average Bonchev–Trinajstić information content (AvgIpc) is 2.93. The summed E-state index contributed by atoms with van der Waals surface area (Å²) in [6.07, 6.45) is 5.08. The Labute approximate surface area is 128 Å². The first-order valence-corrected chi connectivity index (χ1v) is 6.79. The van der Waals surface area contributed by atoms with Crippen LogP contribution in [0.15, 0.2) is 12.4 Å². The summed E-state index contributed by atoms with van der Waals surface area (Å²) >= 11 is 0. The zero-order valence-corrected chi connectivity index (χ0v) is 12.5. The van der Waals surface area contributed by atoms with Crippen LogP contribution in [0.25, 0.3) is 0 Å². The fourth-order valence-electron chi connectivity index (χ4n) is 2.23. The number of nitrogens with one attached hydrogen (secondary N) is 2. The number of hydrogen-bond acceptors (Lipinski definition) is 5. The summed E-state index contributed by atoms with van der Waals surface area (Å²) in [5, 5.41) is 20.5. The molecule has 1 aromatic rings. The number of aryl methyl sites for hydroxylation is 1. The van der Waals surface area contributed by atoms with Crippen molar-refractivity contribution in [2.45, 2.75) is 25.8 Å². The molecule has 2 rings (SSSR count). The Morgan fingerprint density at radius 3 is 3.05 bits per heavy atom. The van der Waals surface area contributed by atoms with Gasteiger partial charge in [0.2, 0.25) is 5.91 Å². The van der Waals surface area contributed by atoms with Crippen LogP contribution in [0.2, 0.25) is 0 Å². The number of carbonyl (C=O) groups is 1. The maximum Gasteiger partial charge on any atom is 0.306 e. The number of piperidine rings is 1. The summed E-state index contributed by atoms with van der Waals surface area (Å²) in [5.41, 5.74) is -0.0568. The Morgan fingerprint density at radius 1 is 1.62 bits per heavy atom. The van der Waals surface area contributed by atoms with E-state index in [1.807, 2.05) is 0 Å². The molecule has 1 aliphatic heterocycles. The van der Waals surface area contributed by atoms with Gasteiger partial charge in [-0.15, -0.1) is 12.4 Å². The Kier molecular flexibility index (Phi) is 7.10. The topological polar surface area (TPSA) is 102 Å². The van der Waals surface area contributed by atoms with E-state index >= 15 is 0 Å². The number of aromatic nitrogens is 2. The van der Waals surface area contributed by atoms with Crippen molar-refractivity contribution in [3.8, 4) is 0 Å². The minimum Gasteiger partial charge on any atom is -0.356 e. The molecule has 1 saturated heterocycles. The molecule has 0 radical (unpaired) electrons. The number of halogens is 1. The SMILES string of the molecule is Cl.O=C(CCn1cc([N+](=O)[O-])cn1)NCC1CCCNC1. The van der Waals surface area contributed by atoms with Crippen molar-refractivity contribution in [1.82, 2.24) is 20.4 Å². The average molecular weight is 318 g/mol. The van der Waals surface area contributed by atoms with Gasteiger partial charge in [-0.25, -0.2) is 0 Å². The largest absolute Gasteiger partial charge is 0.356 e. The molecule has 2 N–H and O–H groups in total. The number of hydrogen-bond donors (Lipinski definition) is 2. The second-order valence-corrected chi connectivity index (χ2v) is 4.99. The van der Waals surface area contributed by atoms with Crippen molar-refractivity contribution in [3.05, 3.63) is 22.5 Å². The van der Waals surface area contributed by atoms with E-state index in [1.165, 1.54) is 17.1 Å². The van der Waals surface area contributed by atoms with Crippen LogP contribution in [-0.2, 0) is 11.3 Å². The molecule has 1 fully saturated rings. The summed E-state index contributed by atoms with van der Waals surface area (Å²) < 4.78 is 1.42. The molecule has 0 aliphatic carbocycles. The summed E-state index contributed by atoms with van der Waals surface area (Å²) in [7, 11) is 0. The first-order valence-electron chi connectivity index (χ1n) is 6.79. The van der Waals surface area contributed by atoms with Crippen LogP contribution in [0.4, 0.5) is 5.69 Å². The van der Waals surface area contributed by atoms with E-state index in [0.717, 1.165) is 25.9 Å². The van der Waals surface area contributed by atoms with E-state index < -0.39 is 4.92 Å². The van der Waals surface area contributed by atoms with Crippen molar-refractivity contribution in [3.63, 3.8) is 0 Å². The lowest BCUT2D eigenvalue weighted by Gasteiger charge is -2.22. The molecule has 1 atom stereocenters. The highest BCUT2D eigenvalue weighted by Gasteiger charge is 2.14.